The van der Waals surface area contributed by atoms with Crippen LogP contribution in [-0.4, -0.2) is 14.8 Å². The second kappa shape index (κ2) is 3.87. The SMILES string of the molecule is ICc1ccc(-n2cncn2)cc1. The van der Waals surface area contributed by atoms with E-state index in [0.29, 0.717) is 0 Å². The van der Waals surface area contributed by atoms with Crippen molar-refractivity contribution in [2.75, 3.05) is 0 Å². The first kappa shape index (κ1) is 8.68. The Bertz CT molecular complexity index is 366. The lowest BCUT2D eigenvalue weighted by Crippen LogP contribution is -1.93. The fourth-order valence-electron chi connectivity index (χ4n) is 1.08. The van der Waals surface area contributed by atoms with Crippen molar-refractivity contribution in [3.8, 4) is 5.69 Å². The summed E-state index contributed by atoms with van der Waals surface area (Å²) in [5.41, 5.74) is 2.37. The number of aromatic nitrogens is 3. The maximum Gasteiger partial charge on any atom is 0.138 e. The van der Waals surface area contributed by atoms with Gasteiger partial charge in [0.1, 0.15) is 12.7 Å². The Morgan fingerprint density at radius 2 is 2.00 bits per heavy atom. The number of alkyl halides is 1. The van der Waals surface area contributed by atoms with Crippen molar-refractivity contribution in [3.63, 3.8) is 0 Å². The molecule has 1 aromatic carbocycles. The van der Waals surface area contributed by atoms with Gasteiger partial charge >= 0.3 is 0 Å². The number of halogens is 1. The Balaban J connectivity index is 2.33. The Morgan fingerprint density at radius 1 is 1.23 bits per heavy atom. The molecule has 0 amide bonds. The number of hydrogen-bond donors (Lipinski definition) is 0. The molecule has 0 spiro atoms. The summed E-state index contributed by atoms with van der Waals surface area (Å²) >= 11 is 2.34. The molecule has 1 heterocycles. The van der Waals surface area contributed by atoms with Crippen LogP contribution in [-0.2, 0) is 4.43 Å². The van der Waals surface area contributed by atoms with E-state index in [0.717, 1.165) is 10.1 Å². The summed E-state index contributed by atoms with van der Waals surface area (Å²) in [6.07, 6.45) is 3.23. The molecule has 0 aliphatic rings. The minimum absolute atomic E-state index is 1.04. The van der Waals surface area contributed by atoms with Gasteiger partial charge in [0.2, 0.25) is 0 Å². The highest BCUT2D eigenvalue weighted by atomic mass is 127. The highest BCUT2D eigenvalue weighted by Gasteiger charge is 1.95. The minimum atomic E-state index is 1.04. The second-order valence-corrected chi connectivity index (χ2v) is 3.40. The van der Waals surface area contributed by atoms with Crippen molar-refractivity contribution in [2.45, 2.75) is 4.43 Å². The molecule has 13 heavy (non-hydrogen) atoms. The molecule has 0 bridgehead atoms. The van der Waals surface area contributed by atoms with E-state index in [1.165, 1.54) is 11.9 Å². The zero-order valence-electron chi connectivity index (χ0n) is 6.89. The standard InChI is InChI=1S/C9H8IN3/c10-5-8-1-3-9(4-2-8)13-7-11-6-12-13/h1-4,6-7H,5H2. The average Bonchev–Trinajstić information content (AvgIpc) is 2.71. The molecule has 0 N–H and O–H groups in total. The molecular weight excluding hydrogens is 277 g/mol. The lowest BCUT2D eigenvalue weighted by molar-refractivity contribution is 0.878. The van der Waals surface area contributed by atoms with Gasteiger partial charge in [0.05, 0.1) is 5.69 Å². The van der Waals surface area contributed by atoms with E-state index in [-0.39, 0.29) is 0 Å². The zero-order chi connectivity index (χ0) is 9.10. The Hall–Kier alpha value is -0.910. The second-order valence-electron chi connectivity index (χ2n) is 2.64. The van der Waals surface area contributed by atoms with Crippen LogP contribution in [0, 0.1) is 0 Å². The first-order chi connectivity index (χ1) is 6.40. The van der Waals surface area contributed by atoms with Crippen LogP contribution in [0.4, 0.5) is 0 Å². The maximum atomic E-state index is 4.05. The summed E-state index contributed by atoms with van der Waals surface area (Å²) in [6.45, 7) is 0. The van der Waals surface area contributed by atoms with E-state index in [1.807, 2.05) is 12.1 Å². The summed E-state index contributed by atoms with van der Waals surface area (Å²) in [7, 11) is 0. The Kier molecular flexibility index (Phi) is 2.58. The Labute approximate surface area is 89.9 Å². The van der Waals surface area contributed by atoms with E-state index in [1.54, 1.807) is 11.0 Å². The van der Waals surface area contributed by atoms with Crippen LogP contribution in [0.1, 0.15) is 5.56 Å². The molecule has 4 heteroatoms. The van der Waals surface area contributed by atoms with E-state index in [2.05, 4.69) is 44.8 Å². The molecule has 0 aliphatic carbocycles. The molecule has 0 fully saturated rings. The Morgan fingerprint density at radius 3 is 2.54 bits per heavy atom. The topological polar surface area (TPSA) is 30.7 Å². The van der Waals surface area contributed by atoms with Gasteiger partial charge < -0.3 is 0 Å². The molecule has 2 rings (SSSR count). The van der Waals surface area contributed by atoms with Crippen molar-refractivity contribution < 1.29 is 0 Å². The van der Waals surface area contributed by atoms with Crippen molar-refractivity contribution >= 4 is 22.6 Å². The zero-order valence-corrected chi connectivity index (χ0v) is 9.05. The highest BCUT2D eigenvalue weighted by molar-refractivity contribution is 14.1. The normalized spacial score (nSPS) is 10.2. The minimum Gasteiger partial charge on any atom is -0.223 e. The van der Waals surface area contributed by atoms with Crippen molar-refractivity contribution in [3.05, 3.63) is 42.5 Å². The molecule has 0 unspecified atom stereocenters. The molecule has 0 radical (unpaired) electrons. The van der Waals surface area contributed by atoms with Crippen LogP contribution in [0.15, 0.2) is 36.9 Å². The summed E-state index contributed by atoms with van der Waals surface area (Å²) in [6, 6.07) is 8.29. The summed E-state index contributed by atoms with van der Waals surface area (Å²) in [5, 5.41) is 4.05. The van der Waals surface area contributed by atoms with Gasteiger partial charge in [-0.15, -0.1) is 0 Å². The lowest BCUT2D eigenvalue weighted by Gasteiger charge is -2.00. The van der Waals surface area contributed by atoms with Crippen LogP contribution in [0.5, 0.6) is 0 Å². The van der Waals surface area contributed by atoms with Gasteiger partial charge in [0, 0.05) is 4.43 Å². The summed E-state index contributed by atoms with van der Waals surface area (Å²) in [5.74, 6) is 0. The van der Waals surface area contributed by atoms with Crippen LogP contribution in [0.3, 0.4) is 0 Å². The predicted octanol–water partition coefficient (Wildman–Crippen LogP) is 2.20. The monoisotopic (exact) mass is 285 g/mol. The van der Waals surface area contributed by atoms with E-state index < -0.39 is 0 Å². The van der Waals surface area contributed by atoms with Crippen molar-refractivity contribution in [1.82, 2.24) is 14.8 Å². The molecule has 0 saturated carbocycles. The molecule has 2 aromatic rings. The molecule has 66 valence electrons. The largest absolute Gasteiger partial charge is 0.223 e. The van der Waals surface area contributed by atoms with Crippen LogP contribution >= 0.6 is 22.6 Å². The molecule has 1 aromatic heterocycles. The molecular formula is C9H8IN3. The number of benzene rings is 1. The molecule has 0 saturated heterocycles. The third kappa shape index (κ3) is 1.88. The molecule has 3 nitrogen and oxygen atoms in total. The smallest absolute Gasteiger partial charge is 0.138 e. The van der Waals surface area contributed by atoms with Gasteiger partial charge in [0.15, 0.2) is 0 Å². The van der Waals surface area contributed by atoms with Crippen molar-refractivity contribution in [2.24, 2.45) is 0 Å². The molecule has 0 atom stereocenters. The predicted molar refractivity (Wildman–Crippen MR) is 59.1 cm³/mol. The first-order valence-corrected chi connectivity index (χ1v) is 5.42. The fourth-order valence-corrected chi connectivity index (χ4v) is 1.59. The third-order valence-electron chi connectivity index (χ3n) is 1.77. The maximum absolute atomic E-state index is 4.05. The summed E-state index contributed by atoms with van der Waals surface area (Å²) in [4.78, 5) is 3.89. The van der Waals surface area contributed by atoms with Gasteiger partial charge in [0.25, 0.3) is 0 Å². The number of hydrogen-bond acceptors (Lipinski definition) is 2. The first-order valence-electron chi connectivity index (χ1n) is 3.90. The van der Waals surface area contributed by atoms with Crippen LogP contribution < -0.4 is 0 Å². The van der Waals surface area contributed by atoms with E-state index in [4.69, 9.17) is 0 Å². The number of rotatable bonds is 2. The number of nitrogens with zero attached hydrogens (tertiary/aromatic N) is 3. The quantitative estimate of drug-likeness (QED) is 0.625. The molecule has 0 aliphatic heterocycles. The van der Waals surface area contributed by atoms with Gasteiger partial charge in [-0.1, -0.05) is 34.7 Å². The van der Waals surface area contributed by atoms with E-state index >= 15 is 0 Å². The summed E-state index contributed by atoms with van der Waals surface area (Å²) < 4.78 is 2.78. The average molecular weight is 285 g/mol. The van der Waals surface area contributed by atoms with Gasteiger partial charge in [-0.3, -0.25) is 0 Å². The highest BCUT2D eigenvalue weighted by Crippen LogP contribution is 2.10. The van der Waals surface area contributed by atoms with Gasteiger partial charge in [-0.05, 0) is 17.7 Å². The lowest BCUT2D eigenvalue weighted by atomic mass is 10.2. The van der Waals surface area contributed by atoms with Gasteiger partial charge in [-0.2, -0.15) is 5.10 Å². The van der Waals surface area contributed by atoms with Gasteiger partial charge in [-0.25, -0.2) is 9.67 Å². The van der Waals surface area contributed by atoms with Crippen LogP contribution in [0.2, 0.25) is 0 Å². The van der Waals surface area contributed by atoms with E-state index in [9.17, 15) is 0 Å². The van der Waals surface area contributed by atoms with Crippen molar-refractivity contribution in [1.29, 1.82) is 0 Å². The fraction of sp³-hybridized carbons (Fsp3) is 0.111. The third-order valence-corrected chi connectivity index (χ3v) is 2.65. The van der Waals surface area contributed by atoms with Crippen LogP contribution in [0.25, 0.3) is 5.69 Å².